The molecule has 1 amide bonds. The van der Waals surface area contributed by atoms with Crippen molar-refractivity contribution in [2.24, 2.45) is 11.5 Å². The highest BCUT2D eigenvalue weighted by Crippen LogP contribution is 2.24. The molecule has 0 aromatic heterocycles. The Bertz CT molecular complexity index is 498. The van der Waals surface area contributed by atoms with Gasteiger partial charge >= 0.3 is 0 Å². The van der Waals surface area contributed by atoms with E-state index in [-0.39, 0.29) is 5.82 Å². The minimum atomic E-state index is -0.525. The number of halogens is 1. The molecular weight excluding hydrogens is 269 g/mol. The fraction of sp³-hybridized carbons (Fsp3) is 0.562. The molecule has 1 aromatic rings. The summed E-state index contributed by atoms with van der Waals surface area (Å²) in [5.41, 5.74) is 12.1. The van der Waals surface area contributed by atoms with Crippen LogP contribution in [0.25, 0.3) is 0 Å². The number of hydrogen-bond acceptors (Lipinski definition) is 3. The van der Waals surface area contributed by atoms with E-state index in [4.69, 9.17) is 11.5 Å². The molecule has 4 N–H and O–H groups in total. The number of primary amides is 1. The van der Waals surface area contributed by atoms with Gasteiger partial charge < -0.3 is 11.5 Å². The second-order valence-electron chi connectivity index (χ2n) is 5.80. The highest BCUT2D eigenvalue weighted by atomic mass is 19.1. The van der Waals surface area contributed by atoms with Crippen molar-refractivity contribution in [3.05, 3.63) is 35.1 Å². The maximum absolute atomic E-state index is 14.0. The van der Waals surface area contributed by atoms with E-state index in [1.807, 2.05) is 0 Å². The predicted octanol–water partition coefficient (Wildman–Crippen LogP) is 2.02. The van der Waals surface area contributed by atoms with Gasteiger partial charge in [-0.15, -0.1) is 0 Å². The van der Waals surface area contributed by atoms with Crippen molar-refractivity contribution in [2.45, 2.75) is 51.2 Å². The van der Waals surface area contributed by atoms with E-state index in [9.17, 15) is 9.18 Å². The Labute approximate surface area is 125 Å². The van der Waals surface area contributed by atoms with Gasteiger partial charge in [0, 0.05) is 29.8 Å². The van der Waals surface area contributed by atoms with Crippen LogP contribution in [0.15, 0.2) is 18.2 Å². The van der Waals surface area contributed by atoms with Crippen LogP contribution in [0.1, 0.15) is 48.5 Å². The standard InChI is InChI=1S/C16H24FN3O/c1-2-20(14-6-4-13(18)5-7-14)10-12-9-11(16(19)21)3-8-15(12)17/h3,8-9,13-14H,2,4-7,10,18H2,1H3,(H2,19,21). The maximum atomic E-state index is 14.0. The molecule has 21 heavy (non-hydrogen) atoms. The van der Waals surface area contributed by atoms with Crippen molar-refractivity contribution in [3.63, 3.8) is 0 Å². The summed E-state index contributed by atoms with van der Waals surface area (Å²) >= 11 is 0. The molecule has 1 saturated carbocycles. The molecule has 0 spiro atoms. The van der Waals surface area contributed by atoms with Crippen molar-refractivity contribution in [1.82, 2.24) is 4.90 Å². The maximum Gasteiger partial charge on any atom is 0.248 e. The lowest BCUT2D eigenvalue weighted by Crippen LogP contribution is -2.40. The summed E-state index contributed by atoms with van der Waals surface area (Å²) in [5, 5.41) is 0. The van der Waals surface area contributed by atoms with Gasteiger partial charge in [0.1, 0.15) is 5.82 Å². The minimum Gasteiger partial charge on any atom is -0.366 e. The Morgan fingerprint density at radius 2 is 2.00 bits per heavy atom. The van der Waals surface area contributed by atoms with Gasteiger partial charge in [-0.1, -0.05) is 6.92 Å². The van der Waals surface area contributed by atoms with Crippen LogP contribution < -0.4 is 11.5 Å². The zero-order valence-corrected chi connectivity index (χ0v) is 12.5. The monoisotopic (exact) mass is 293 g/mol. The summed E-state index contributed by atoms with van der Waals surface area (Å²) < 4.78 is 14.0. The Balaban J connectivity index is 2.11. The molecule has 1 aliphatic carbocycles. The van der Waals surface area contributed by atoms with E-state index in [0.717, 1.165) is 32.2 Å². The molecule has 0 atom stereocenters. The summed E-state index contributed by atoms with van der Waals surface area (Å²) in [6.45, 7) is 3.42. The Morgan fingerprint density at radius 3 is 2.57 bits per heavy atom. The minimum absolute atomic E-state index is 0.286. The lowest BCUT2D eigenvalue weighted by molar-refractivity contribution is 0.1000. The fourth-order valence-corrected chi connectivity index (χ4v) is 3.03. The Hall–Kier alpha value is -1.46. The Morgan fingerprint density at radius 1 is 1.33 bits per heavy atom. The first kappa shape index (κ1) is 15.9. The molecule has 1 fully saturated rings. The third-order valence-corrected chi connectivity index (χ3v) is 4.37. The van der Waals surface area contributed by atoms with Crippen LogP contribution in [-0.2, 0) is 6.54 Å². The first-order valence-electron chi connectivity index (χ1n) is 7.59. The van der Waals surface area contributed by atoms with E-state index in [2.05, 4.69) is 11.8 Å². The smallest absolute Gasteiger partial charge is 0.248 e. The first-order chi connectivity index (χ1) is 10.0. The van der Waals surface area contributed by atoms with Crippen LogP contribution in [0.2, 0.25) is 0 Å². The van der Waals surface area contributed by atoms with Gasteiger partial charge in [0.15, 0.2) is 0 Å². The van der Waals surface area contributed by atoms with Crippen LogP contribution in [-0.4, -0.2) is 29.4 Å². The molecule has 0 bridgehead atoms. The highest BCUT2D eigenvalue weighted by molar-refractivity contribution is 5.92. The zero-order valence-electron chi connectivity index (χ0n) is 12.5. The van der Waals surface area contributed by atoms with Gasteiger partial charge in [0.25, 0.3) is 0 Å². The van der Waals surface area contributed by atoms with Crippen LogP contribution in [0, 0.1) is 5.82 Å². The molecule has 0 heterocycles. The predicted molar refractivity (Wildman–Crippen MR) is 81.2 cm³/mol. The van der Waals surface area contributed by atoms with E-state index in [0.29, 0.717) is 29.8 Å². The van der Waals surface area contributed by atoms with Crippen molar-refractivity contribution >= 4 is 5.91 Å². The molecule has 1 aliphatic rings. The average molecular weight is 293 g/mol. The molecular formula is C16H24FN3O. The third-order valence-electron chi connectivity index (χ3n) is 4.37. The number of amides is 1. The number of hydrogen-bond donors (Lipinski definition) is 2. The van der Waals surface area contributed by atoms with Gasteiger partial charge in [-0.05, 0) is 50.4 Å². The van der Waals surface area contributed by atoms with Gasteiger partial charge in [-0.3, -0.25) is 9.69 Å². The third kappa shape index (κ3) is 4.02. The molecule has 0 aliphatic heterocycles. The van der Waals surface area contributed by atoms with Crippen LogP contribution in [0.3, 0.4) is 0 Å². The van der Waals surface area contributed by atoms with Gasteiger partial charge in [0.05, 0.1) is 0 Å². The average Bonchev–Trinajstić information content (AvgIpc) is 2.47. The molecule has 2 rings (SSSR count). The summed E-state index contributed by atoms with van der Waals surface area (Å²) in [6, 6.07) is 5.05. The SMILES string of the molecule is CCN(Cc1cc(C(N)=O)ccc1F)C1CCC(N)CC1. The van der Waals surface area contributed by atoms with E-state index in [1.165, 1.54) is 12.1 Å². The van der Waals surface area contributed by atoms with Gasteiger partial charge in [-0.2, -0.15) is 0 Å². The molecule has 116 valence electrons. The molecule has 5 heteroatoms. The molecule has 1 aromatic carbocycles. The van der Waals surface area contributed by atoms with E-state index >= 15 is 0 Å². The summed E-state index contributed by atoms with van der Waals surface area (Å²) in [5.74, 6) is -0.811. The molecule has 0 unspecified atom stereocenters. The quantitative estimate of drug-likeness (QED) is 0.872. The number of benzene rings is 1. The number of rotatable bonds is 5. The number of nitrogens with two attached hydrogens (primary N) is 2. The molecule has 0 saturated heterocycles. The van der Waals surface area contributed by atoms with Crippen LogP contribution >= 0.6 is 0 Å². The van der Waals surface area contributed by atoms with Crippen molar-refractivity contribution in [2.75, 3.05) is 6.54 Å². The number of nitrogens with zero attached hydrogens (tertiary/aromatic N) is 1. The lowest BCUT2D eigenvalue weighted by atomic mass is 9.90. The summed E-state index contributed by atoms with van der Waals surface area (Å²) in [6.07, 6.45) is 4.13. The van der Waals surface area contributed by atoms with Crippen LogP contribution in [0.5, 0.6) is 0 Å². The summed E-state index contributed by atoms with van der Waals surface area (Å²) in [7, 11) is 0. The van der Waals surface area contributed by atoms with Crippen molar-refractivity contribution < 1.29 is 9.18 Å². The van der Waals surface area contributed by atoms with Gasteiger partial charge in [0.2, 0.25) is 5.91 Å². The molecule has 4 nitrogen and oxygen atoms in total. The first-order valence-corrected chi connectivity index (χ1v) is 7.59. The fourth-order valence-electron chi connectivity index (χ4n) is 3.03. The van der Waals surface area contributed by atoms with E-state index < -0.39 is 5.91 Å². The lowest BCUT2D eigenvalue weighted by Gasteiger charge is -2.35. The molecule has 0 radical (unpaired) electrons. The normalized spacial score (nSPS) is 22.5. The van der Waals surface area contributed by atoms with Crippen molar-refractivity contribution in [3.8, 4) is 0 Å². The van der Waals surface area contributed by atoms with Crippen LogP contribution in [0.4, 0.5) is 4.39 Å². The number of carbonyl (C=O) groups is 1. The van der Waals surface area contributed by atoms with Gasteiger partial charge in [-0.25, -0.2) is 4.39 Å². The number of carbonyl (C=O) groups excluding carboxylic acids is 1. The van der Waals surface area contributed by atoms with Crippen molar-refractivity contribution in [1.29, 1.82) is 0 Å². The zero-order chi connectivity index (χ0) is 15.4. The second-order valence-corrected chi connectivity index (χ2v) is 5.80. The van der Waals surface area contributed by atoms with E-state index in [1.54, 1.807) is 6.07 Å². The highest BCUT2D eigenvalue weighted by Gasteiger charge is 2.24. The summed E-state index contributed by atoms with van der Waals surface area (Å²) in [4.78, 5) is 13.5. The second kappa shape index (κ2) is 7.00. The topological polar surface area (TPSA) is 72.3 Å². The Kier molecular flexibility index (Phi) is 5.31. The largest absolute Gasteiger partial charge is 0.366 e.